The molecule has 110 valence electrons. The monoisotopic (exact) mass is 274 g/mol. The number of aromatic nitrogens is 2. The van der Waals surface area contributed by atoms with Crippen molar-refractivity contribution in [3.05, 3.63) is 23.9 Å². The van der Waals surface area contributed by atoms with Crippen molar-refractivity contribution in [2.24, 2.45) is 0 Å². The number of hydrogen-bond acceptors (Lipinski definition) is 4. The summed E-state index contributed by atoms with van der Waals surface area (Å²) >= 11 is 0. The number of anilines is 2. The van der Waals surface area contributed by atoms with Gasteiger partial charge in [0.15, 0.2) is 0 Å². The van der Waals surface area contributed by atoms with Gasteiger partial charge >= 0.3 is 0 Å². The van der Waals surface area contributed by atoms with Gasteiger partial charge in [-0.1, -0.05) is 11.6 Å². The molecule has 20 heavy (non-hydrogen) atoms. The molecule has 1 aromatic rings. The van der Waals surface area contributed by atoms with E-state index in [1.54, 1.807) is 5.57 Å². The molecule has 1 aliphatic carbocycles. The van der Waals surface area contributed by atoms with Crippen molar-refractivity contribution in [3.63, 3.8) is 0 Å². The van der Waals surface area contributed by atoms with Crippen LogP contribution in [0.1, 0.15) is 46.0 Å². The summed E-state index contributed by atoms with van der Waals surface area (Å²) in [5.74, 6) is 1.75. The summed E-state index contributed by atoms with van der Waals surface area (Å²) < 4.78 is 0. The first kappa shape index (κ1) is 14.8. The molecule has 2 rings (SSSR count). The lowest BCUT2D eigenvalue weighted by Crippen LogP contribution is -2.24. The molecular formula is C16H26N4. The van der Waals surface area contributed by atoms with Gasteiger partial charge in [0, 0.05) is 25.8 Å². The number of nitrogens with zero attached hydrogens (tertiary/aromatic N) is 3. The van der Waals surface area contributed by atoms with Crippen molar-refractivity contribution >= 4 is 11.8 Å². The van der Waals surface area contributed by atoms with Crippen molar-refractivity contribution in [1.29, 1.82) is 0 Å². The first-order valence-corrected chi connectivity index (χ1v) is 7.83. The number of hydrogen-bond donors (Lipinski definition) is 1. The van der Waals surface area contributed by atoms with Crippen molar-refractivity contribution in [2.75, 3.05) is 29.9 Å². The lowest BCUT2D eigenvalue weighted by Gasteiger charge is -2.19. The van der Waals surface area contributed by atoms with Crippen LogP contribution < -0.4 is 10.2 Å². The predicted molar refractivity (Wildman–Crippen MR) is 85.3 cm³/mol. The molecule has 0 aliphatic heterocycles. The number of rotatable bonds is 7. The average Bonchev–Trinajstić information content (AvgIpc) is 2.50. The van der Waals surface area contributed by atoms with Gasteiger partial charge in [-0.05, 0) is 52.0 Å². The van der Waals surface area contributed by atoms with Gasteiger partial charge in [-0.15, -0.1) is 0 Å². The van der Waals surface area contributed by atoms with Crippen LogP contribution in [0.2, 0.25) is 0 Å². The Bertz CT molecular complexity index is 438. The van der Waals surface area contributed by atoms with Gasteiger partial charge in [-0.25, -0.2) is 4.98 Å². The van der Waals surface area contributed by atoms with Gasteiger partial charge < -0.3 is 10.2 Å². The van der Waals surface area contributed by atoms with Gasteiger partial charge in [-0.3, -0.25) is 0 Å². The smallest absolute Gasteiger partial charge is 0.227 e. The third kappa shape index (κ3) is 4.22. The van der Waals surface area contributed by atoms with Crippen LogP contribution in [0.15, 0.2) is 23.9 Å². The van der Waals surface area contributed by atoms with E-state index < -0.39 is 0 Å². The van der Waals surface area contributed by atoms with Crippen LogP contribution in [0.3, 0.4) is 0 Å². The molecule has 4 nitrogen and oxygen atoms in total. The van der Waals surface area contributed by atoms with Gasteiger partial charge in [0.05, 0.1) is 0 Å². The quantitative estimate of drug-likeness (QED) is 0.771. The topological polar surface area (TPSA) is 41.1 Å². The largest absolute Gasteiger partial charge is 0.370 e. The van der Waals surface area contributed by atoms with E-state index >= 15 is 0 Å². The second-order valence-corrected chi connectivity index (χ2v) is 5.20. The van der Waals surface area contributed by atoms with Gasteiger partial charge in [0.2, 0.25) is 5.95 Å². The molecule has 0 saturated heterocycles. The van der Waals surface area contributed by atoms with Gasteiger partial charge in [0.1, 0.15) is 5.82 Å². The molecule has 0 atom stereocenters. The molecule has 0 radical (unpaired) electrons. The number of nitrogens with one attached hydrogen (secondary N) is 1. The molecule has 1 aliphatic rings. The summed E-state index contributed by atoms with van der Waals surface area (Å²) in [4.78, 5) is 11.1. The molecule has 0 fully saturated rings. The van der Waals surface area contributed by atoms with Crippen LogP contribution in [-0.4, -0.2) is 29.6 Å². The molecule has 0 saturated carbocycles. The predicted octanol–water partition coefficient (Wildman–Crippen LogP) is 3.63. The van der Waals surface area contributed by atoms with E-state index in [1.807, 2.05) is 12.3 Å². The molecule has 0 unspecified atom stereocenters. The van der Waals surface area contributed by atoms with Crippen molar-refractivity contribution < 1.29 is 0 Å². The zero-order valence-electron chi connectivity index (χ0n) is 12.7. The highest BCUT2D eigenvalue weighted by atomic mass is 15.3. The maximum Gasteiger partial charge on any atom is 0.227 e. The highest BCUT2D eigenvalue weighted by molar-refractivity contribution is 5.41. The van der Waals surface area contributed by atoms with E-state index in [4.69, 9.17) is 0 Å². The Morgan fingerprint density at radius 2 is 2.10 bits per heavy atom. The van der Waals surface area contributed by atoms with E-state index in [1.165, 1.54) is 25.7 Å². The Kier molecular flexibility index (Phi) is 5.84. The van der Waals surface area contributed by atoms with E-state index in [2.05, 4.69) is 40.1 Å². The molecule has 4 heteroatoms. The van der Waals surface area contributed by atoms with Crippen LogP contribution in [0.4, 0.5) is 11.8 Å². The molecule has 1 N–H and O–H groups in total. The molecule has 0 amide bonds. The zero-order chi connectivity index (χ0) is 14.2. The van der Waals surface area contributed by atoms with E-state index in [0.29, 0.717) is 0 Å². The first-order chi connectivity index (χ1) is 9.83. The Balaban J connectivity index is 1.86. The fourth-order valence-electron chi connectivity index (χ4n) is 2.59. The van der Waals surface area contributed by atoms with E-state index in [9.17, 15) is 0 Å². The first-order valence-electron chi connectivity index (χ1n) is 7.83. The Labute approximate surface area is 122 Å². The van der Waals surface area contributed by atoms with Crippen molar-refractivity contribution in [3.8, 4) is 0 Å². The number of allylic oxidation sites excluding steroid dienone is 1. The molecule has 0 bridgehead atoms. The minimum Gasteiger partial charge on any atom is -0.370 e. The summed E-state index contributed by atoms with van der Waals surface area (Å²) in [6.07, 6.45) is 10.6. The van der Waals surface area contributed by atoms with E-state index in [0.717, 1.165) is 37.8 Å². The van der Waals surface area contributed by atoms with Crippen LogP contribution in [0.25, 0.3) is 0 Å². The highest BCUT2D eigenvalue weighted by Crippen LogP contribution is 2.20. The van der Waals surface area contributed by atoms with Crippen molar-refractivity contribution in [2.45, 2.75) is 46.0 Å². The summed E-state index contributed by atoms with van der Waals surface area (Å²) in [6, 6.07) is 1.95. The van der Waals surface area contributed by atoms with E-state index in [-0.39, 0.29) is 0 Å². The Hall–Kier alpha value is -1.58. The van der Waals surface area contributed by atoms with Gasteiger partial charge in [-0.2, -0.15) is 4.98 Å². The van der Waals surface area contributed by atoms with Crippen LogP contribution in [-0.2, 0) is 0 Å². The SMILES string of the molecule is CCN(CC)c1nccc(NCCC2=CCCCC2)n1. The summed E-state index contributed by atoms with van der Waals surface area (Å²) in [7, 11) is 0. The fourth-order valence-corrected chi connectivity index (χ4v) is 2.59. The minimum absolute atomic E-state index is 0.817. The molecule has 1 aromatic heterocycles. The Morgan fingerprint density at radius 3 is 2.80 bits per heavy atom. The lowest BCUT2D eigenvalue weighted by molar-refractivity contribution is 0.679. The minimum atomic E-state index is 0.817. The second-order valence-electron chi connectivity index (χ2n) is 5.20. The van der Waals surface area contributed by atoms with Crippen LogP contribution in [0.5, 0.6) is 0 Å². The summed E-state index contributed by atoms with van der Waals surface area (Å²) in [5.41, 5.74) is 1.60. The van der Waals surface area contributed by atoms with Crippen LogP contribution >= 0.6 is 0 Å². The molecule has 0 spiro atoms. The maximum atomic E-state index is 4.58. The highest BCUT2D eigenvalue weighted by Gasteiger charge is 2.06. The molecule has 0 aromatic carbocycles. The Morgan fingerprint density at radius 1 is 1.25 bits per heavy atom. The van der Waals surface area contributed by atoms with Crippen molar-refractivity contribution in [1.82, 2.24) is 9.97 Å². The summed E-state index contributed by atoms with van der Waals surface area (Å²) in [6.45, 7) is 7.09. The third-order valence-electron chi connectivity index (χ3n) is 3.83. The maximum absolute atomic E-state index is 4.58. The zero-order valence-corrected chi connectivity index (χ0v) is 12.7. The fraction of sp³-hybridized carbons (Fsp3) is 0.625. The normalized spacial score (nSPS) is 14.8. The molecular weight excluding hydrogens is 248 g/mol. The summed E-state index contributed by atoms with van der Waals surface area (Å²) in [5, 5.41) is 3.42. The lowest BCUT2D eigenvalue weighted by atomic mass is 9.97. The van der Waals surface area contributed by atoms with Gasteiger partial charge in [0.25, 0.3) is 0 Å². The second kappa shape index (κ2) is 7.88. The standard InChI is InChI=1S/C16H26N4/c1-3-20(4-2)16-18-13-11-15(19-16)17-12-10-14-8-6-5-7-9-14/h8,11,13H,3-7,9-10,12H2,1-2H3,(H,17,18,19). The van der Waals surface area contributed by atoms with Crippen LogP contribution in [0, 0.1) is 0 Å². The molecule has 1 heterocycles. The average molecular weight is 274 g/mol. The third-order valence-corrected chi connectivity index (χ3v) is 3.83.